The normalized spacial score (nSPS) is 13.2. The number of amides is 1. The van der Waals surface area contributed by atoms with Gasteiger partial charge >= 0.3 is 5.69 Å². The van der Waals surface area contributed by atoms with Crippen molar-refractivity contribution in [3.8, 4) is 0 Å². The first-order chi connectivity index (χ1) is 15.0. The Hall–Kier alpha value is -3.07. The summed E-state index contributed by atoms with van der Waals surface area (Å²) < 4.78 is 6.54. The molecule has 3 rings (SSSR count). The van der Waals surface area contributed by atoms with Gasteiger partial charge in [-0.2, -0.15) is 0 Å². The summed E-state index contributed by atoms with van der Waals surface area (Å²) >= 11 is 0. The highest BCUT2D eigenvalue weighted by molar-refractivity contribution is 5.83. The molecule has 9 heteroatoms. The van der Waals surface area contributed by atoms with E-state index in [-0.39, 0.29) is 24.0 Å². The van der Waals surface area contributed by atoms with Crippen LogP contribution in [0.2, 0.25) is 0 Å². The molecule has 2 heterocycles. The number of hydrogen-bond donors (Lipinski definition) is 2. The van der Waals surface area contributed by atoms with Crippen LogP contribution in [-0.4, -0.2) is 53.7 Å². The predicted octanol–water partition coefficient (Wildman–Crippen LogP) is 0.957. The Labute approximate surface area is 181 Å². The average molecular weight is 430 g/mol. The first kappa shape index (κ1) is 22.6. The zero-order valence-corrected chi connectivity index (χ0v) is 18.2. The highest BCUT2D eigenvalue weighted by atomic mass is 16.5. The number of nitrogen functional groups attached to an aromatic ring is 1. The lowest BCUT2D eigenvalue weighted by atomic mass is 10.00. The van der Waals surface area contributed by atoms with E-state index in [0.29, 0.717) is 32.8 Å². The summed E-state index contributed by atoms with van der Waals surface area (Å²) in [6, 6.07) is 8.09. The van der Waals surface area contributed by atoms with Crippen molar-refractivity contribution in [1.29, 1.82) is 0 Å². The van der Waals surface area contributed by atoms with Crippen LogP contribution in [0.15, 0.2) is 33.9 Å². The fourth-order valence-electron chi connectivity index (χ4n) is 3.86. The Morgan fingerprint density at radius 2 is 2.00 bits per heavy atom. The summed E-state index contributed by atoms with van der Waals surface area (Å²) in [6.45, 7) is 4.15. The van der Waals surface area contributed by atoms with Gasteiger partial charge in [-0.1, -0.05) is 37.6 Å². The maximum absolute atomic E-state index is 13.1. The molecule has 1 aliphatic heterocycles. The van der Waals surface area contributed by atoms with E-state index >= 15 is 0 Å². The van der Waals surface area contributed by atoms with Gasteiger partial charge in [0.1, 0.15) is 11.5 Å². The third kappa shape index (κ3) is 5.16. The molecule has 168 valence electrons. The summed E-state index contributed by atoms with van der Waals surface area (Å²) in [4.78, 5) is 43.8. The molecule has 0 atom stereocenters. The molecule has 0 saturated heterocycles. The molecular weight excluding hydrogens is 398 g/mol. The Morgan fingerprint density at radius 3 is 2.71 bits per heavy atom. The van der Waals surface area contributed by atoms with Crippen molar-refractivity contribution in [3.05, 3.63) is 56.2 Å². The molecule has 9 nitrogen and oxygen atoms in total. The number of nitrogens with zero attached hydrogens (tertiary/aromatic N) is 3. The average Bonchev–Trinajstić information content (AvgIpc) is 2.76. The number of carbonyl (C=O) groups excluding carboxylic acids is 1. The number of anilines is 2. The van der Waals surface area contributed by atoms with E-state index in [0.717, 1.165) is 24.8 Å². The van der Waals surface area contributed by atoms with Gasteiger partial charge in [0.25, 0.3) is 5.56 Å². The molecule has 1 aromatic heterocycles. The van der Waals surface area contributed by atoms with Crippen LogP contribution in [-0.2, 0) is 29.0 Å². The van der Waals surface area contributed by atoms with Gasteiger partial charge in [-0.25, -0.2) is 4.79 Å². The van der Waals surface area contributed by atoms with Gasteiger partial charge in [0.2, 0.25) is 5.91 Å². The molecule has 0 unspecified atom stereocenters. The van der Waals surface area contributed by atoms with Crippen LogP contribution < -0.4 is 21.9 Å². The Morgan fingerprint density at radius 1 is 1.26 bits per heavy atom. The molecule has 0 fully saturated rings. The molecule has 0 spiro atoms. The van der Waals surface area contributed by atoms with Crippen molar-refractivity contribution in [3.63, 3.8) is 0 Å². The number of nitrogens with one attached hydrogen (secondary N) is 1. The van der Waals surface area contributed by atoms with Crippen molar-refractivity contribution < 1.29 is 9.53 Å². The second-order valence-corrected chi connectivity index (χ2v) is 7.75. The molecule has 0 bridgehead atoms. The van der Waals surface area contributed by atoms with Crippen molar-refractivity contribution >= 4 is 17.4 Å². The lowest BCUT2D eigenvalue weighted by Crippen LogP contribution is -2.46. The Balaban J connectivity index is 1.86. The number of rotatable bonds is 9. The van der Waals surface area contributed by atoms with Gasteiger partial charge in [0.15, 0.2) is 0 Å². The van der Waals surface area contributed by atoms with E-state index in [2.05, 4.69) is 11.1 Å². The minimum Gasteiger partial charge on any atom is -0.383 e. The number of nitrogens with two attached hydrogens (primary N) is 1. The molecule has 0 radical (unpaired) electrons. The van der Waals surface area contributed by atoms with Crippen LogP contribution in [0, 0.1) is 0 Å². The summed E-state index contributed by atoms with van der Waals surface area (Å²) in [5, 5.41) is 0. The largest absolute Gasteiger partial charge is 0.383 e. The zero-order chi connectivity index (χ0) is 22.4. The van der Waals surface area contributed by atoms with Crippen molar-refractivity contribution in [1.82, 2.24) is 14.5 Å². The van der Waals surface area contributed by atoms with E-state index in [9.17, 15) is 14.4 Å². The van der Waals surface area contributed by atoms with Gasteiger partial charge < -0.3 is 20.3 Å². The number of benzene rings is 1. The van der Waals surface area contributed by atoms with E-state index in [4.69, 9.17) is 10.5 Å². The minimum atomic E-state index is -0.594. The van der Waals surface area contributed by atoms with Crippen LogP contribution in [0.4, 0.5) is 11.5 Å². The predicted molar refractivity (Wildman–Crippen MR) is 120 cm³/mol. The van der Waals surface area contributed by atoms with E-state index in [1.54, 1.807) is 16.9 Å². The highest BCUT2D eigenvalue weighted by Gasteiger charge is 2.25. The van der Waals surface area contributed by atoms with Gasteiger partial charge in [-0.3, -0.25) is 19.1 Å². The standard InChI is InChI=1S/C22H31N5O4/c1-3-4-10-27-20(23)19(21(29)24-22(27)30)26(12-13-31-2)15-18(28)25-11-9-16-7-5-6-8-17(16)14-25/h5-8H,3-4,9-15,23H2,1-2H3,(H,24,29,30). The maximum Gasteiger partial charge on any atom is 0.330 e. The van der Waals surface area contributed by atoms with Gasteiger partial charge in [-0.05, 0) is 24.0 Å². The first-order valence-electron chi connectivity index (χ1n) is 10.7. The highest BCUT2D eigenvalue weighted by Crippen LogP contribution is 2.21. The molecule has 1 aliphatic rings. The molecule has 0 saturated carbocycles. The number of fused-ring (bicyclic) bond motifs is 1. The van der Waals surface area contributed by atoms with Crippen molar-refractivity contribution in [2.24, 2.45) is 0 Å². The second-order valence-electron chi connectivity index (χ2n) is 7.75. The maximum atomic E-state index is 13.1. The minimum absolute atomic E-state index is 0.0230. The Kier molecular flexibility index (Phi) is 7.51. The van der Waals surface area contributed by atoms with E-state index in [1.165, 1.54) is 10.1 Å². The number of aromatic nitrogens is 2. The molecule has 2 aromatic rings. The van der Waals surface area contributed by atoms with Crippen molar-refractivity contribution in [2.45, 2.75) is 39.3 Å². The molecular formula is C22H31N5O4. The molecule has 1 amide bonds. The number of unbranched alkanes of at least 4 members (excludes halogenated alkanes) is 1. The topological polar surface area (TPSA) is 114 Å². The van der Waals surface area contributed by atoms with Crippen LogP contribution >= 0.6 is 0 Å². The number of hydrogen-bond acceptors (Lipinski definition) is 6. The van der Waals surface area contributed by atoms with Gasteiger partial charge in [0.05, 0.1) is 13.2 Å². The second kappa shape index (κ2) is 10.3. The molecule has 0 aliphatic carbocycles. The summed E-state index contributed by atoms with van der Waals surface area (Å²) in [5.41, 5.74) is 7.65. The smallest absolute Gasteiger partial charge is 0.330 e. The zero-order valence-electron chi connectivity index (χ0n) is 18.2. The molecule has 3 N–H and O–H groups in total. The number of carbonyl (C=O) groups is 1. The van der Waals surface area contributed by atoms with Crippen LogP contribution in [0.25, 0.3) is 0 Å². The summed E-state index contributed by atoms with van der Waals surface area (Å²) in [7, 11) is 1.55. The number of methoxy groups -OCH3 is 1. The third-order valence-electron chi connectivity index (χ3n) is 5.64. The monoisotopic (exact) mass is 429 g/mol. The van der Waals surface area contributed by atoms with Gasteiger partial charge in [-0.15, -0.1) is 0 Å². The fraction of sp³-hybridized carbons (Fsp3) is 0.500. The van der Waals surface area contributed by atoms with Crippen LogP contribution in [0.5, 0.6) is 0 Å². The Bertz CT molecular complexity index is 1030. The van der Waals surface area contributed by atoms with E-state index in [1.807, 2.05) is 25.1 Å². The lowest BCUT2D eigenvalue weighted by molar-refractivity contribution is -0.130. The molecule has 1 aromatic carbocycles. The summed E-state index contributed by atoms with van der Waals surface area (Å²) in [5.74, 6) is -0.0224. The quantitative estimate of drug-likeness (QED) is 0.614. The van der Waals surface area contributed by atoms with Crippen molar-refractivity contribution in [2.75, 3.05) is 44.0 Å². The van der Waals surface area contributed by atoms with E-state index < -0.39 is 11.2 Å². The number of aromatic amines is 1. The lowest BCUT2D eigenvalue weighted by Gasteiger charge is -2.32. The van der Waals surface area contributed by atoms with Crippen LogP contribution in [0.1, 0.15) is 30.9 Å². The first-order valence-corrected chi connectivity index (χ1v) is 10.7. The van der Waals surface area contributed by atoms with Crippen LogP contribution in [0.3, 0.4) is 0 Å². The third-order valence-corrected chi connectivity index (χ3v) is 5.64. The summed E-state index contributed by atoms with van der Waals surface area (Å²) in [6.07, 6.45) is 2.42. The SMILES string of the molecule is CCCCn1c(N)c(N(CCOC)CC(=O)N2CCc3ccccc3C2)c(=O)[nH]c1=O. The van der Waals surface area contributed by atoms with Gasteiger partial charge in [0, 0.05) is 33.3 Å². The number of H-pyrrole nitrogens is 1. The molecule has 31 heavy (non-hydrogen) atoms. The fourth-order valence-corrected chi connectivity index (χ4v) is 3.86. The number of ether oxygens (including phenoxy) is 1.